The fourth-order valence-electron chi connectivity index (χ4n) is 4.17. The zero-order chi connectivity index (χ0) is 24.5. The van der Waals surface area contributed by atoms with Gasteiger partial charge in [-0.3, -0.25) is 4.57 Å². The molecule has 178 valence electrons. The molecule has 1 aliphatic heterocycles. The number of nitrogens with zero attached hydrogens (tertiary/aromatic N) is 5. The Morgan fingerprint density at radius 1 is 1.15 bits per heavy atom. The number of ether oxygens (including phenoxy) is 2. The molecule has 34 heavy (non-hydrogen) atoms. The Morgan fingerprint density at radius 2 is 1.85 bits per heavy atom. The standard InChI is InChI=1S/C23H22F3N5O3/c1-3-15-12-18(33-16-5-7-17(8-6-16)34-23(24,25)26)10-11-31(15)21-20-19(30(2)22(32)29-21)9-4-14(13-27)28-20/h4-9,15,18H,3,10-12H2,1-2H3/t15-,18-/m1/s1. The first kappa shape index (κ1) is 23.4. The van der Waals surface area contributed by atoms with E-state index in [0.29, 0.717) is 42.0 Å². The van der Waals surface area contributed by atoms with Crippen LogP contribution in [0, 0.1) is 11.3 Å². The van der Waals surface area contributed by atoms with Crippen LogP contribution in [-0.4, -0.2) is 39.6 Å². The fourth-order valence-corrected chi connectivity index (χ4v) is 4.17. The highest BCUT2D eigenvalue weighted by atomic mass is 19.4. The second-order valence-electron chi connectivity index (χ2n) is 7.99. The largest absolute Gasteiger partial charge is 0.573 e. The molecule has 0 N–H and O–H groups in total. The summed E-state index contributed by atoms with van der Waals surface area (Å²) in [5.74, 6) is 0.573. The Hall–Kier alpha value is -3.81. The van der Waals surface area contributed by atoms with Gasteiger partial charge in [0, 0.05) is 32.5 Å². The molecule has 0 aliphatic carbocycles. The van der Waals surface area contributed by atoms with Gasteiger partial charge >= 0.3 is 12.1 Å². The van der Waals surface area contributed by atoms with Gasteiger partial charge in [-0.2, -0.15) is 10.2 Å². The van der Waals surface area contributed by atoms with Crippen molar-refractivity contribution < 1.29 is 22.6 Å². The number of piperidine rings is 1. The average molecular weight is 473 g/mol. The van der Waals surface area contributed by atoms with E-state index < -0.39 is 12.1 Å². The van der Waals surface area contributed by atoms with Gasteiger partial charge in [0.25, 0.3) is 0 Å². The van der Waals surface area contributed by atoms with Crippen molar-refractivity contribution in [3.05, 3.63) is 52.6 Å². The van der Waals surface area contributed by atoms with E-state index in [1.54, 1.807) is 19.2 Å². The molecule has 1 fully saturated rings. The number of aryl methyl sites for hydroxylation is 1. The maximum absolute atomic E-state index is 12.5. The SMILES string of the molecule is CC[C@@H]1C[C@H](Oc2ccc(OC(F)(F)F)cc2)CCN1c1nc(=O)n(C)c2ccc(C#N)nc12. The molecule has 1 aliphatic rings. The number of benzene rings is 1. The lowest BCUT2D eigenvalue weighted by molar-refractivity contribution is -0.274. The van der Waals surface area contributed by atoms with Crippen LogP contribution in [0.25, 0.3) is 11.0 Å². The molecule has 4 rings (SSSR count). The monoisotopic (exact) mass is 473 g/mol. The maximum atomic E-state index is 12.5. The summed E-state index contributed by atoms with van der Waals surface area (Å²) in [5.41, 5.74) is 0.893. The minimum Gasteiger partial charge on any atom is -0.490 e. The van der Waals surface area contributed by atoms with E-state index >= 15 is 0 Å². The molecule has 2 atom stereocenters. The zero-order valence-corrected chi connectivity index (χ0v) is 18.5. The molecule has 0 bridgehead atoms. The van der Waals surface area contributed by atoms with E-state index in [4.69, 9.17) is 4.74 Å². The van der Waals surface area contributed by atoms with Crippen LogP contribution in [0.3, 0.4) is 0 Å². The number of hydrogen-bond acceptors (Lipinski definition) is 7. The lowest BCUT2D eigenvalue weighted by Gasteiger charge is -2.40. The Labute approximate surface area is 193 Å². The summed E-state index contributed by atoms with van der Waals surface area (Å²) in [7, 11) is 1.61. The van der Waals surface area contributed by atoms with Crippen molar-refractivity contribution in [1.82, 2.24) is 14.5 Å². The molecule has 1 aromatic carbocycles. The van der Waals surface area contributed by atoms with E-state index in [2.05, 4.69) is 14.7 Å². The van der Waals surface area contributed by atoms with Crippen molar-refractivity contribution in [1.29, 1.82) is 5.26 Å². The lowest BCUT2D eigenvalue weighted by atomic mass is 9.97. The van der Waals surface area contributed by atoms with Crippen LogP contribution < -0.4 is 20.1 Å². The normalized spacial score (nSPS) is 18.5. The number of rotatable bonds is 5. The first-order valence-corrected chi connectivity index (χ1v) is 10.8. The number of anilines is 1. The summed E-state index contributed by atoms with van der Waals surface area (Å²) in [6.07, 6.45) is -2.95. The smallest absolute Gasteiger partial charge is 0.490 e. The first-order valence-electron chi connectivity index (χ1n) is 10.8. The quantitative estimate of drug-likeness (QED) is 0.554. The molecule has 8 nitrogen and oxygen atoms in total. The average Bonchev–Trinajstić information content (AvgIpc) is 2.81. The molecule has 0 spiro atoms. The summed E-state index contributed by atoms with van der Waals surface area (Å²) in [4.78, 5) is 23.2. The van der Waals surface area contributed by atoms with Crippen LogP contribution in [0.5, 0.6) is 11.5 Å². The van der Waals surface area contributed by atoms with Crippen LogP contribution in [0.2, 0.25) is 0 Å². The van der Waals surface area contributed by atoms with Crippen LogP contribution in [-0.2, 0) is 7.05 Å². The molecule has 3 aromatic rings. The van der Waals surface area contributed by atoms with Gasteiger partial charge in [-0.15, -0.1) is 13.2 Å². The molecular weight excluding hydrogens is 451 g/mol. The molecule has 2 aromatic heterocycles. The van der Waals surface area contributed by atoms with E-state index in [1.165, 1.54) is 28.8 Å². The molecule has 0 amide bonds. The van der Waals surface area contributed by atoms with Gasteiger partial charge in [0.1, 0.15) is 34.9 Å². The van der Waals surface area contributed by atoms with Crippen LogP contribution in [0.4, 0.5) is 19.0 Å². The highest BCUT2D eigenvalue weighted by Gasteiger charge is 2.32. The number of hydrogen-bond donors (Lipinski definition) is 0. The second-order valence-corrected chi connectivity index (χ2v) is 7.99. The third-order valence-electron chi connectivity index (χ3n) is 5.82. The Kier molecular flexibility index (Phi) is 6.32. The number of fused-ring (bicyclic) bond motifs is 1. The minimum absolute atomic E-state index is 0.0121. The molecule has 0 radical (unpaired) electrons. The number of alkyl halides is 3. The predicted molar refractivity (Wildman–Crippen MR) is 118 cm³/mol. The van der Waals surface area contributed by atoms with E-state index in [-0.39, 0.29) is 23.6 Å². The highest BCUT2D eigenvalue weighted by Crippen LogP contribution is 2.32. The molecule has 3 heterocycles. The third-order valence-corrected chi connectivity index (χ3v) is 5.82. The van der Waals surface area contributed by atoms with E-state index in [1.807, 2.05) is 17.9 Å². The first-order chi connectivity index (χ1) is 16.2. The number of halogens is 3. The van der Waals surface area contributed by atoms with Crippen molar-refractivity contribution in [3.8, 4) is 17.6 Å². The molecule has 0 unspecified atom stereocenters. The van der Waals surface area contributed by atoms with Gasteiger partial charge in [0.2, 0.25) is 0 Å². The molecule has 0 saturated carbocycles. The Morgan fingerprint density at radius 3 is 2.50 bits per heavy atom. The fraction of sp³-hybridized carbons (Fsp3) is 0.391. The van der Waals surface area contributed by atoms with Gasteiger partial charge in [-0.25, -0.2) is 9.78 Å². The molecular formula is C23H22F3N5O3. The highest BCUT2D eigenvalue weighted by molar-refractivity contribution is 5.86. The number of nitriles is 1. The molecule has 1 saturated heterocycles. The Bertz CT molecular complexity index is 1280. The summed E-state index contributed by atoms with van der Waals surface area (Å²) in [5, 5.41) is 9.27. The Balaban J connectivity index is 1.55. The summed E-state index contributed by atoms with van der Waals surface area (Å²) in [6, 6.07) is 10.6. The summed E-state index contributed by atoms with van der Waals surface area (Å²) < 4.78 is 48.4. The van der Waals surface area contributed by atoms with Crippen molar-refractivity contribution >= 4 is 16.9 Å². The van der Waals surface area contributed by atoms with Gasteiger partial charge in [-0.1, -0.05) is 6.92 Å². The van der Waals surface area contributed by atoms with Gasteiger partial charge in [0.05, 0.1) is 5.52 Å². The second kappa shape index (κ2) is 9.21. The zero-order valence-electron chi connectivity index (χ0n) is 18.5. The van der Waals surface area contributed by atoms with Crippen LogP contribution in [0.1, 0.15) is 31.9 Å². The molecule has 11 heteroatoms. The predicted octanol–water partition coefficient (Wildman–Crippen LogP) is 3.93. The van der Waals surface area contributed by atoms with Gasteiger partial charge < -0.3 is 14.4 Å². The van der Waals surface area contributed by atoms with Crippen molar-refractivity contribution in [2.45, 2.75) is 44.7 Å². The van der Waals surface area contributed by atoms with Crippen molar-refractivity contribution in [3.63, 3.8) is 0 Å². The number of pyridine rings is 1. The van der Waals surface area contributed by atoms with Crippen LogP contribution in [0.15, 0.2) is 41.2 Å². The van der Waals surface area contributed by atoms with Crippen molar-refractivity contribution in [2.75, 3.05) is 11.4 Å². The maximum Gasteiger partial charge on any atom is 0.573 e. The topological polar surface area (TPSA) is 93.3 Å². The lowest BCUT2D eigenvalue weighted by Crippen LogP contribution is -2.47. The summed E-state index contributed by atoms with van der Waals surface area (Å²) in [6.45, 7) is 2.55. The van der Waals surface area contributed by atoms with E-state index in [0.717, 1.165) is 6.42 Å². The van der Waals surface area contributed by atoms with Crippen LogP contribution >= 0.6 is 0 Å². The number of aromatic nitrogens is 3. The van der Waals surface area contributed by atoms with Gasteiger partial charge in [-0.05, 0) is 42.8 Å². The summed E-state index contributed by atoms with van der Waals surface area (Å²) >= 11 is 0. The third kappa shape index (κ3) is 4.90. The van der Waals surface area contributed by atoms with E-state index in [9.17, 15) is 23.2 Å². The van der Waals surface area contributed by atoms with Gasteiger partial charge in [0.15, 0.2) is 5.82 Å². The van der Waals surface area contributed by atoms with Crippen molar-refractivity contribution in [2.24, 2.45) is 7.05 Å². The minimum atomic E-state index is -4.75.